The van der Waals surface area contributed by atoms with E-state index in [9.17, 15) is 4.79 Å². The Morgan fingerprint density at radius 2 is 2.09 bits per heavy atom. The van der Waals surface area contributed by atoms with Gasteiger partial charge in [-0.3, -0.25) is 0 Å². The first-order chi connectivity index (χ1) is 11.2. The minimum Gasteiger partial charge on any atom is -0.445 e. The van der Waals surface area contributed by atoms with Gasteiger partial charge in [0.05, 0.1) is 0 Å². The van der Waals surface area contributed by atoms with Gasteiger partial charge in [0, 0.05) is 12.6 Å². The van der Waals surface area contributed by atoms with Crippen LogP contribution in [0, 0.1) is 11.8 Å². The molecule has 2 atom stereocenters. The van der Waals surface area contributed by atoms with Crippen molar-refractivity contribution in [3.63, 3.8) is 0 Å². The van der Waals surface area contributed by atoms with E-state index < -0.39 is 0 Å². The van der Waals surface area contributed by atoms with E-state index in [1.165, 1.54) is 25.7 Å². The number of nitrogens with one attached hydrogen (secondary N) is 1. The summed E-state index contributed by atoms with van der Waals surface area (Å²) in [7, 11) is 0. The number of carbonyl (C=O) groups excluding carboxylic acids is 1. The molecule has 1 saturated carbocycles. The Kier molecular flexibility index (Phi) is 7.40. The molecule has 4 heteroatoms. The molecule has 2 rings (SSSR count). The Bertz CT molecular complexity index is 460. The van der Waals surface area contributed by atoms with E-state index in [0.717, 1.165) is 24.3 Å². The second kappa shape index (κ2) is 9.56. The second-order valence-electron chi connectivity index (χ2n) is 6.69. The van der Waals surface area contributed by atoms with Crippen molar-refractivity contribution in [2.45, 2.75) is 58.1 Å². The van der Waals surface area contributed by atoms with Crippen LogP contribution in [0.5, 0.6) is 0 Å². The molecular weight excluding hydrogens is 288 g/mol. The van der Waals surface area contributed by atoms with E-state index in [1.54, 1.807) is 0 Å². The third kappa shape index (κ3) is 6.22. The van der Waals surface area contributed by atoms with Gasteiger partial charge in [0.15, 0.2) is 0 Å². The quantitative estimate of drug-likeness (QED) is 0.727. The summed E-state index contributed by atoms with van der Waals surface area (Å²) in [4.78, 5) is 11.8. The first-order valence-corrected chi connectivity index (χ1v) is 8.89. The molecule has 0 heterocycles. The molecule has 1 amide bonds. The highest BCUT2D eigenvalue weighted by molar-refractivity contribution is 5.67. The molecule has 4 nitrogen and oxygen atoms in total. The van der Waals surface area contributed by atoms with Crippen LogP contribution in [0.25, 0.3) is 0 Å². The highest BCUT2D eigenvalue weighted by atomic mass is 16.5. The lowest BCUT2D eigenvalue weighted by Gasteiger charge is -2.32. The fourth-order valence-electron chi connectivity index (χ4n) is 3.18. The minimum atomic E-state index is -0.386. The Morgan fingerprint density at radius 1 is 1.35 bits per heavy atom. The van der Waals surface area contributed by atoms with Crippen molar-refractivity contribution >= 4 is 6.09 Å². The van der Waals surface area contributed by atoms with Gasteiger partial charge in [-0.05, 0) is 30.2 Å². The molecule has 23 heavy (non-hydrogen) atoms. The highest BCUT2D eigenvalue weighted by Crippen LogP contribution is 2.34. The number of nitrogens with two attached hydrogens (primary N) is 1. The van der Waals surface area contributed by atoms with Crippen LogP contribution >= 0.6 is 0 Å². The molecule has 0 unspecified atom stereocenters. The smallest absolute Gasteiger partial charge is 0.407 e. The summed E-state index contributed by atoms with van der Waals surface area (Å²) in [5.41, 5.74) is 7.30. The number of alkyl carbamates (subject to hydrolysis) is 1. The number of hydrogen-bond acceptors (Lipinski definition) is 3. The fraction of sp³-hybridized carbons (Fsp3) is 0.632. The maximum atomic E-state index is 11.8. The minimum absolute atomic E-state index is 0.0137. The summed E-state index contributed by atoms with van der Waals surface area (Å²) < 4.78 is 5.23. The van der Waals surface area contributed by atoms with Crippen molar-refractivity contribution in [1.29, 1.82) is 0 Å². The molecule has 1 aliphatic carbocycles. The third-order valence-electron chi connectivity index (χ3n) is 4.82. The summed E-state index contributed by atoms with van der Waals surface area (Å²) in [5, 5.41) is 2.81. The van der Waals surface area contributed by atoms with Gasteiger partial charge in [-0.25, -0.2) is 4.79 Å². The molecule has 3 N–H and O–H groups in total. The maximum Gasteiger partial charge on any atom is 0.407 e. The van der Waals surface area contributed by atoms with E-state index >= 15 is 0 Å². The lowest BCUT2D eigenvalue weighted by molar-refractivity contribution is 0.137. The normalized spacial score (nSPS) is 17.1. The van der Waals surface area contributed by atoms with Crippen LogP contribution in [0.1, 0.15) is 51.0 Å². The number of carbonyl (C=O) groups is 1. The van der Waals surface area contributed by atoms with Gasteiger partial charge >= 0.3 is 6.09 Å². The molecule has 0 saturated heterocycles. The van der Waals surface area contributed by atoms with Crippen LogP contribution in [0.4, 0.5) is 4.79 Å². The van der Waals surface area contributed by atoms with Crippen molar-refractivity contribution in [3.8, 4) is 0 Å². The van der Waals surface area contributed by atoms with Gasteiger partial charge in [0.1, 0.15) is 6.61 Å². The van der Waals surface area contributed by atoms with Crippen LogP contribution in [0.3, 0.4) is 0 Å². The fourth-order valence-corrected chi connectivity index (χ4v) is 3.18. The van der Waals surface area contributed by atoms with Gasteiger partial charge in [0.2, 0.25) is 0 Å². The Labute approximate surface area is 139 Å². The predicted octanol–water partition coefficient (Wildman–Crippen LogP) is 3.85. The molecule has 0 spiro atoms. The van der Waals surface area contributed by atoms with Crippen LogP contribution in [-0.2, 0) is 11.3 Å². The maximum absolute atomic E-state index is 11.8. The van der Waals surface area contributed by atoms with Crippen molar-refractivity contribution in [2.24, 2.45) is 17.6 Å². The second-order valence-corrected chi connectivity index (χ2v) is 6.69. The summed E-state index contributed by atoms with van der Waals surface area (Å²) in [6.45, 7) is 2.98. The van der Waals surface area contributed by atoms with Crippen LogP contribution in [0.2, 0.25) is 0 Å². The molecule has 1 aromatic rings. The average Bonchev–Trinajstić information content (AvgIpc) is 2.53. The van der Waals surface area contributed by atoms with Crippen LogP contribution < -0.4 is 11.1 Å². The summed E-state index contributed by atoms with van der Waals surface area (Å²) in [6.07, 6.45) is 7.16. The van der Waals surface area contributed by atoms with Crippen molar-refractivity contribution in [1.82, 2.24) is 5.32 Å². The summed E-state index contributed by atoms with van der Waals surface area (Å²) in [5.74, 6) is 1.35. The predicted molar refractivity (Wildman–Crippen MR) is 93.0 cm³/mol. The molecule has 0 radical (unpaired) electrons. The molecule has 0 aromatic heterocycles. The highest BCUT2D eigenvalue weighted by Gasteiger charge is 2.25. The van der Waals surface area contributed by atoms with E-state index in [-0.39, 0.29) is 12.1 Å². The largest absolute Gasteiger partial charge is 0.445 e. The van der Waals surface area contributed by atoms with Crippen molar-refractivity contribution in [3.05, 3.63) is 35.9 Å². The molecular formula is C19H30N2O2. The summed E-state index contributed by atoms with van der Waals surface area (Å²) in [6, 6.07) is 9.70. The van der Waals surface area contributed by atoms with Gasteiger partial charge in [0.25, 0.3) is 0 Å². The van der Waals surface area contributed by atoms with E-state index in [2.05, 4.69) is 12.2 Å². The van der Waals surface area contributed by atoms with Crippen LogP contribution in [0.15, 0.2) is 30.3 Å². The average molecular weight is 318 g/mol. The number of ether oxygens (including phenoxy) is 1. The van der Waals surface area contributed by atoms with Gasteiger partial charge in [-0.1, -0.05) is 62.9 Å². The van der Waals surface area contributed by atoms with Crippen molar-refractivity contribution in [2.75, 3.05) is 6.54 Å². The molecule has 1 fully saturated rings. The zero-order chi connectivity index (χ0) is 16.5. The number of rotatable bonds is 9. The van der Waals surface area contributed by atoms with E-state index in [4.69, 9.17) is 10.5 Å². The van der Waals surface area contributed by atoms with Gasteiger partial charge in [-0.2, -0.15) is 0 Å². The van der Waals surface area contributed by atoms with Gasteiger partial charge in [-0.15, -0.1) is 0 Å². The zero-order valence-electron chi connectivity index (χ0n) is 14.2. The lowest BCUT2D eigenvalue weighted by Crippen LogP contribution is -2.43. The third-order valence-corrected chi connectivity index (χ3v) is 4.82. The molecule has 1 aliphatic rings. The van der Waals surface area contributed by atoms with E-state index in [1.807, 2.05) is 30.3 Å². The van der Waals surface area contributed by atoms with E-state index in [0.29, 0.717) is 19.1 Å². The lowest BCUT2D eigenvalue weighted by atomic mass is 9.76. The standard InChI is InChI=1S/C19H30N2O2/c1-2-7-17(12-15-10-6-11-15)18(20)13-21-19(22)23-14-16-8-4-3-5-9-16/h3-5,8-9,15,17-18H,2,6-7,10-14,20H2,1H3,(H,21,22)/t17-,18+/m0/s1. The zero-order valence-corrected chi connectivity index (χ0v) is 14.2. The number of hydrogen-bond donors (Lipinski definition) is 2. The first-order valence-electron chi connectivity index (χ1n) is 8.89. The molecule has 128 valence electrons. The first kappa shape index (κ1) is 17.8. The molecule has 0 bridgehead atoms. The van der Waals surface area contributed by atoms with Crippen molar-refractivity contribution < 1.29 is 9.53 Å². The van der Waals surface area contributed by atoms with Gasteiger partial charge < -0.3 is 15.8 Å². The Morgan fingerprint density at radius 3 is 2.70 bits per heavy atom. The topological polar surface area (TPSA) is 64.3 Å². The number of benzene rings is 1. The molecule has 1 aromatic carbocycles. The molecule has 0 aliphatic heterocycles. The number of amides is 1. The SMILES string of the molecule is CCC[C@@H](CC1CCC1)[C@H](N)CNC(=O)OCc1ccccc1. The Hall–Kier alpha value is -1.55. The monoisotopic (exact) mass is 318 g/mol. The Balaban J connectivity index is 1.68. The van der Waals surface area contributed by atoms with Crippen LogP contribution in [-0.4, -0.2) is 18.7 Å². The summed E-state index contributed by atoms with van der Waals surface area (Å²) >= 11 is 0.